The second-order valence-corrected chi connectivity index (χ2v) is 2.53. The van der Waals surface area contributed by atoms with Crippen LogP contribution in [0.3, 0.4) is 0 Å². The van der Waals surface area contributed by atoms with Gasteiger partial charge in [0, 0.05) is 5.54 Å². The van der Waals surface area contributed by atoms with Gasteiger partial charge in [-0.25, -0.2) is 0 Å². The first-order valence-electron chi connectivity index (χ1n) is 3.23. The lowest BCUT2D eigenvalue weighted by molar-refractivity contribution is 0.500. The summed E-state index contributed by atoms with van der Waals surface area (Å²) < 4.78 is 0. The SMILES string of the molecule is CCC1(N)C=CCC1. The maximum atomic E-state index is 5.87. The fourth-order valence-electron chi connectivity index (χ4n) is 1.05. The molecule has 0 bridgehead atoms. The molecule has 1 nitrogen and oxygen atoms in total. The van der Waals surface area contributed by atoms with Crippen molar-refractivity contribution in [1.82, 2.24) is 0 Å². The third-order valence-corrected chi connectivity index (χ3v) is 1.88. The summed E-state index contributed by atoms with van der Waals surface area (Å²) in [5, 5.41) is 0. The van der Waals surface area contributed by atoms with Gasteiger partial charge in [0.25, 0.3) is 0 Å². The first kappa shape index (κ1) is 5.83. The van der Waals surface area contributed by atoms with Gasteiger partial charge in [0.05, 0.1) is 0 Å². The van der Waals surface area contributed by atoms with Gasteiger partial charge in [0.15, 0.2) is 0 Å². The van der Waals surface area contributed by atoms with Crippen LogP contribution in [0.5, 0.6) is 0 Å². The van der Waals surface area contributed by atoms with Gasteiger partial charge in [-0.1, -0.05) is 19.1 Å². The highest BCUT2D eigenvalue weighted by molar-refractivity contribution is 5.10. The van der Waals surface area contributed by atoms with Crippen molar-refractivity contribution < 1.29 is 0 Å². The Balaban J connectivity index is 2.54. The number of rotatable bonds is 1. The molecule has 1 atom stereocenters. The number of hydrogen-bond acceptors (Lipinski definition) is 1. The Morgan fingerprint density at radius 2 is 2.50 bits per heavy atom. The molecule has 1 aliphatic carbocycles. The Labute approximate surface area is 50.6 Å². The summed E-state index contributed by atoms with van der Waals surface area (Å²) in [6, 6.07) is 0. The van der Waals surface area contributed by atoms with Crippen LogP contribution in [0.15, 0.2) is 12.2 Å². The highest BCUT2D eigenvalue weighted by Crippen LogP contribution is 2.21. The molecule has 0 aromatic carbocycles. The highest BCUT2D eigenvalue weighted by atomic mass is 14.7. The van der Waals surface area contributed by atoms with E-state index in [2.05, 4.69) is 19.1 Å². The number of allylic oxidation sites excluding steroid dienone is 1. The summed E-state index contributed by atoms with van der Waals surface area (Å²) in [6.45, 7) is 2.13. The lowest BCUT2D eigenvalue weighted by atomic mass is 9.98. The van der Waals surface area contributed by atoms with E-state index in [0.717, 1.165) is 12.8 Å². The normalized spacial score (nSPS) is 36.2. The van der Waals surface area contributed by atoms with Crippen LogP contribution >= 0.6 is 0 Å². The van der Waals surface area contributed by atoms with Crippen LogP contribution in [0.25, 0.3) is 0 Å². The highest BCUT2D eigenvalue weighted by Gasteiger charge is 2.20. The molecule has 0 aromatic heterocycles. The average molecular weight is 111 g/mol. The summed E-state index contributed by atoms with van der Waals surface area (Å²) in [4.78, 5) is 0. The molecular formula is C7H13N. The minimum absolute atomic E-state index is 0.0556. The zero-order valence-electron chi connectivity index (χ0n) is 5.35. The van der Waals surface area contributed by atoms with Gasteiger partial charge in [-0.3, -0.25) is 0 Å². The summed E-state index contributed by atoms with van der Waals surface area (Å²) >= 11 is 0. The van der Waals surface area contributed by atoms with Gasteiger partial charge < -0.3 is 5.73 Å². The van der Waals surface area contributed by atoms with Gasteiger partial charge in [0.2, 0.25) is 0 Å². The molecule has 1 rings (SSSR count). The van der Waals surface area contributed by atoms with E-state index in [1.807, 2.05) is 0 Å². The van der Waals surface area contributed by atoms with Gasteiger partial charge in [-0.15, -0.1) is 0 Å². The molecule has 2 N–H and O–H groups in total. The maximum absolute atomic E-state index is 5.87. The predicted octanol–water partition coefficient (Wildman–Crippen LogP) is 1.44. The van der Waals surface area contributed by atoms with E-state index in [4.69, 9.17) is 5.73 Å². The van der Waals surface area contributed by atoms with E-state index in [1.54, 1.807) is 0 Å². The second-order valence-electron chi connectivity index (χ2n) is 2.53. The predicted molar refractivity (Wildman–Crippen MR) is 35.6 cm³/mol. The van der Waals surface area contributed by atoms with Gasteiger partial charge in [0.1, 0.15) is 0 Å². The van der Waals surface area contributed by atoms with Crippen LogP contribution in [0.1, 0.15) is 26.2 Å². The van der Waals surface area contributed by atoms with E-state index < -0.39 is 0 Å². The lowest BCUT2D eigenvalue weighted by Gasteiger charge is -2.18. The minimum Gasteiger partial charge on any atom is -0.322 e. The van der Waals surface area contributed by atoms with Gasteiger partial charge in [-0.2, -0.15) is 0 Å². The van der Waals surface area contributed by atoms with Crippen molar-refractivity contribution in [3.8, 4) is 0 Å². The Bertz CT molecular complexity index is 107. The van der Waals surface area contributed by atoms with Crippen molar-refractivity contribution in [2.24, 2.45) is 5.73 Å². The smallest absolute Gasteiger partial charge is 0.0339 e. The molecule has 1 heteroatoms. The Morgan fingerprint density at radius 1 is 1.75 bits per heavy atom. The molecule has 0 aliphatic heterocycles. The standard InChI is InChI=1S/C7H13N/c1-2-7(8)5-3-4-6-7/h3,5H,2,4,6,8H2,1H3. The van der Waals surface area contributed by atoms with Crippen molar-refractivity contribution in [2.75, 3.05) is 0 Å². The zero-order chi connectivity index (χ0) is 6.04. The van der Waals surface area contributed by atoms with E-state index in [-0.39, 0.29) is 5.54 Å². The van der Waals surface area contributed by atoms with E-state index >= 15 is 0 Å². The van der Waals surface area contributed by atoms with Gasteiger partial charge >= 0.3 is 0 Å². The van der Waals surface area contributed by atoms with Crippen molar-refractivity contribution in [2.45, 2.75) is 31.7 Å². The lowest BCUT2D eigenvalue weighted by Crippen LogP contribution is -2.33. The van der Waals surface area contributed by atoms with Crippen molar-refractivity contribution in [3.05, 3.63) is 12.2 Å². The van der Waals surface area contributed by atoms with Crippen LogP contribution < -0.4 is 5.73 Å². The second kappa shape index (κ2) is 1.90. The van der Waals surface area contributed by atoms with E-state index in [9.17, 15) is 0 Å². The molecule has 0 heterocycles. The quantitative estimate of drug-likeness (QED) is 0.509. The van der Waals surface area contributed by atoms with Crippen molar-refractivity contribution in [3.63, 3.8) is 0 Å². The van der Waals surface area contributed by atoms with Crippen molar-refractivity contribution >= 4 is 0 Å². The average Bonchev–Trinajstić information content (AvgIpc) is 2.17. The molecule has 1 unspecified atom stereocenters. The fraction of sp³-hybridized carbons (Fsp3) is 0.714. The minimum atomic E-state index is 0.0556. The molecule has 0 saturated carbocycles. The largest absolute Gasteiger partial charge is 0.322 e. The molecule has 46 valence electrons. The molecule has 0 aromatic rings. The maximum Gasteiger partial charge on any atom is 0.0339 e. The summed E-state index contributed by atoms with van der Waals surface area (Å²) in [5.74, 6) is 0. The number of hydrogen-bond donors (Lipinski definition) is 1. The Hall–Kier alpha value is -0.300. The fourth-order valence-corrected chi connectivity index (χ4v) is 1.05. The third kappa shape index (κ3) is 0.920. The molecule has 0 amide bonds. The zero-order valence-corrected chi connectivity index (χ0v) is 5.35. The van der Waals surface area contributed by atoms with E-state index in [0.29, 0.717) is 0 Å². The molecule has 8 heavy (non-hydrogen) atoms. The Morgan fingerprint density at radius 3 is 2.75 bits per heavy atom. The topological polar surface area (TPSA) is 26.0 Å². The first-order valence-corrected chi connectivity index (χ1v) is 3.23. The molecule has 0 fully saturated rings. The molecule has 0 spiro atoms. The molecule has 1 aliphatic rings. The Kier molecular flexibility index (Phi) is 1.39. The summed E-state index contributed by atoms with van der Waals surface area (Å²) in [7, 11) is 0. The molecular weight excluding hydrogens is 98.1 g/mol. The summed E-state index contributed by atoms with van der Waals surface area (Å²) in [5.41, 5.74) is 5.93. The number of nitrogens with two attached hydrogens (primary N) is 1. The molecule has 0 radical (unpaired) electrons. The summed E-state index contributed by atoms with van der Waals surface area (Å²) in [6.07, 6.45) is 7.69. The van der Waals surface area contributed by atoms with Crippen LogP contribution in [-0.4, -0.2) is 5.54 Å². The van der Waals surface area contributed by atoms with Crippen molar-refractivity contribution in [1.29, 1.82) is 0 Å². The molecule has 0 saturated heterocycles. The monoisotopic (exact) mass is 111 g/mol. The van der Waals surface area contributed by atoms with Gasteiger partial charge in [-0.05, 0) is 19.3 Å². The van der Waals surface area contributed by atoms with Crippen LogP contribution in [0.2, 0.25) is 0 Å². The van der Waals surface area contributed by atoms with E-state index in [1.165, 1.54) is 6.42 Å². The third-order valence-electron chi connectivity index (χ3n) is 1.88. The van der Waals surface area contributed by atoms with Crippen LogP contribution in [0.4, 0.5) is 0 Å². The van der Waals surface area contributed by atoms with Crippen LogP contribution in [0, 0.1) is 0 Å². The first-order chi connectivity index (χ1) is 3.77. The van der Waals surface area contributed by atoms with Crippen LogP contribution in [-0.2, 0) is 0 Å².